The van der Waals surface area contributed by atoms with Crippen LogP contribution in [-0.2, 0) is 0 Å². The van der Waals surface area contributed by atoms with E-state index in [0.717, 1.165) is 12.8 Å². The minimum atomic E-state index is -0.209. The summed E-state index contributed by atoms with van der Waals surface area (Å²) in [7, 11) is 0. The first-order chi connectivity index (χ1) is 6.81. The molecule has 0 heterocycles. The van der Waals surface area contributed by atoms with Crippen molar-refractivity contribution in [2.45, 2.75) is 76.2 Å². The standard InChI is InChI=1S/C13H24O/c14-13-10-8-6-4-2-1-3-5-7-9-12(13)11-13/h12,14H,1-11H2. The van der Waals surface area contributed by atoms with E-state index >= 15 is 0 Å². The predicted octanol–water partition coefficient (Wildman–Crippen LogP) is 3.65. The highest BCUT2D eigenvalue weighted by molar-refractivity contribution is 5.02. The summed E-state index contributed by atoms with van der Waals surface area (Å²) in [5.41, 5.74) is -0.209. The summed E-state index contributed by atoms with van der Waals surface area (Å²) in [4.78, 5) is 0. The van der Waals surface area contributed by atoms with E-state index in [1.807, 2.05) is 0 Å². The second-order valence-corrected chi connectivity index (χ2v) is 5.37. The van der Waals surface area contributed by atoms with E-state index < -0.39 is 0 Å². The van der Waals surface area contributed by atoms with Crippen LogP contribution in [0.3, 0.4) is 0 Å². The SMILES string of the molecule is OC12CCCCCCCCCCC1C2. The van der Waals surface area contributed by atoms with E-state index in [-0.39, 0.29) is 5.60 Å². The molecule has 0 aromatic carbocycles. The van der Waals surface area contributed by atoms with Gasteiger partial charge in [-0.15, -0.1) is 0 Å². The summed E-state index contributed by atoms with van der Waals surface area (Å²) >= 11 is 0. The van der Waals surface area contributed by atoms with E-state index in [1.165, 1.54) is 57.8 Å². The smallest absolute Gasteiger partial charge is 0.0680 e. The minimum Gasteiger partial charge on any atom is -0.390 e. The summed E-state index contributed by atoms with van der Waals surface area (Å²) in [6, 6.07) is 0. The van der Waals surface area contributed by atoms with Gasteiger partial charge in [0.05, 0.1) is 5.60 Å². The second-order valence-electron chi connectivity index (χ2n) is 5.37. The van der Waals surface area contributed by atoms with Gasteiger partial charge in [-0.25, -0.2) is 0 Å². The molecule has 1 nitrogen and oxygen atoms in total. The van der Waals surface area contributed by atoms with Crippen LogP contribution < -0.4 is 0 Å². The van der Waals surface area contributed by atoms with E-state index in [9.17, 15) is 5.11 Å². The van der Waals surface area contributed by atoms with Gasteiger partial charge in [0.25, 0.3) is 0 Å². The van der Waals surface area contributed by atoms with Crippen molar-refractivity contribution in [3.63, 3.8) is 0 Å². The molecule has 1 heteroatoms. The average molecular weight is 196 g/mol. The lowest BCUT2D eigenvalue weighted by atomic mass is 9.99. The van der Waals surface area contributed by atoms with Crippen molar-refractivity contribution in [3.05, 3.63) is 0 Å². The van der Waals surface area contributed by atoms with E-state index in [4.69, 9.17) is 0 Å². The predicted molar refractivity (Wildman–Crippen MR) is 59.2 cm³/mol. The molecule has 0 aromatic heterocycles. The monoisotopic (exact) mass is 196 g/mol. The third-order valence-electron chi connectivity index (χ3n) is 4.11. The van der Waals surface area contributed by atoms with E-state index in [0.29, 0.717) is 5.92 Å². The Labute approximate surface area is 87.9 Å². The third-order valence-corrected chi connectivity index (χ3v) is 4.11. The molecule has 2 aliphatic carbocycles. The van der Waals surface area contributed by atoms with Crippen LogP contribution in [0, 0.1) is 5.92 Å². The van der Waals surface area contributed by atoms with Gasteiger partial charge in [-0.1, -0.05) is 51.4 Å². The Bertz CT molecular complexity index is 178. The van der Waals surface area contributed by atoms with E-state index in [1.54, 1.807) is 0 Å². The molecule has 2 unspecified atom stereocenters. The van der Waals surface area contributed by atoms with Crippen molar-refractivity contribution >= 4 is 0 Å². The maximum absolute atomic E-state index is 10.1. The Kier molecular flexibility index (Phi) is 3.48. The lowest BCUT2D eigenvalue weighted by molar-refractivity contribution is 0.115. The summed E-state index contributed by atoms with van der Waals surface area (Å²) in [5.74, 6) is 0.668. The van der Waals surface area contributed by atoms with Gasteiger partial charge in [-0.3, -0.25) is 0 Å². The fourth-order valence-electron chi connectivity index (χ4n) is 2.93. The molecule has 2 saturated carbocycles. The summed E-state index contributed by atoms with van der Waals surface area (Å²) in [6.07, 6.45) is 14.5. The van der Waals surface area contributed by atoms with Crippen molar-refractivity contribution in [1.82, 2.24) is 0 Å². The summed E-state index contributed by atoms with van der Waals surface area (Å²) < 4.78 is 0. The molecular formula is C13H24O. The molecule has 0 spiro atoms. The Hall–Kier alpha value is -0.0400. The average Bonchev–Trinajstić information content (AvgIpc) is 2.78. The molecule has 1 N–H and O–H groups in total. The van der Waals surface area contributed by atoms with Gasteiger partial charge in [0, 0.05) is 0 Å². The zero-order chi connectivity index (χ0) is 9.86. The maximum atomic E-state index is 10.1. The van der Waals surface area contributed by atoms with Crippen molar-refractivity contribution < 1.29 is 5.11 Å². The van der Waals surface area contributed by atoms with Crippen LogP contribution in [0.2, 0.25) is 0 Å². The van der Waals surface area contributed by atoms with E-state index in [2.05, 4.69) is 0 Å². The van der Waals surface area contributed by atoms with Gasteiger partial charge in [-0.05, 0) is 25.2 Å². The number of rotatable bonds is 0. The Morgan fingerprint density at radius 3 is 2.07 bits per heavy atom. The quantitative estimate of drug-likeness (QED) is 0.627. The van der Waals surface area contributed by atoms with Crippen molar-refractivity contribution in [2.24, 2.45) is 5.92 Å². The van der Waals surface area contributed by atoms with Gasteiger partial charge in [-0.2, -0.15) is 0 Å². The van der Waals surface area contributed by atoms with Crippen LogP contribution >= 0.6 is 0 Å². The molecule has 0 radical (unpaired) electrons. The highest BCUT2D eigenvalue weighted by Crippen LogP contribution is 2.50. The van der Waals surface area contributed by atoms with Gasteiger partial charge >= 0.3 is 0 Å². The Morgan fingerprint density at radius 2 is 1.36 bits per heavy atom. The van der Waals surface area contributed by atoms with Crippen LogP contribution in [0.1, 0.15) is 70.6 Å². The Balaban J connectivity index is 1.75. The van der Waals surface area contributed by atoms with Crippen molar-refractivity contribution in [1.29, 1.82) is 0 Å². The summed E-state index contributed by atoms with van der Waals surface area (Å²) in [6.45, 7) is 0. The Morgan fingerprint density at radius 1 is 0.786 bits per heavy atom. The maximum Gasteiger partial charge on any atom is 0.0680 e. The van der Waals surface area contributed by atoms with Gasteiger partial charge in [0.15, 0.2) is 0 Å². The molecule has 2 aliphatic rings. The normalized spacial score (nSPS) is 40.5. The molecule has 2 fully saturated rings. The van der Waals surface area contributed by atoms with Gasteiger partial charge in [0.1, 0.15) is 0 Å². The van der Waals surface area contributed by atoms with Crippen LogP contribution in [0.5, 0.6) is 0 Å². The number of fused-ring (bicyclic) bond motifs is 1. The minimum absolute atomic E-state index is 0.209. The van der Waals surface area contributed by atoms with Crippen LogP contribution in [-0.4, -0.2) is 10.7 Å². The highest BCUT2D eigenvalue weighted by Gasteiger charge is 2.50. The van der Waals surface area contributed by atoms with Gasteiger partial charge < -0.3 is 5.11 Å². The van der Waals surface area contributed by atoms with Crippen molar-refractivity contribution in [3.8, 4) is 0 Å². The molecule has 2 rings (SSSR count). The molecule has 0 saturated heterocycles. The molecule has 82 valence electrons. The zero-order valence-electron chi connectivity index (χ0n) is 9.30. The molecule has 2 atom stereocenters. The molecule has 0 amide bonds. The first-order valence-electron chi connectivity index (χ1n) is 6.54. The number of hydrogen-bond acceptors (Lipinski definition) is 1. The van der Waals surface area contributed by atoms with Crippen molar-refractivity contribution in [2.75, 3.05) is 0 Å². The number of aliphatic hydroxyl groups is 1. The zero-order valence-corrected chi connectivity index (χ0v) is 9.30. The highest BCUT2D eigenvalue weighted by atomic mass is 16.3. The second kappa shape index (κ2) is 4.65. The first kappa shape index (κ1) is 10.5. The van der Waals surface area contributed by atoms with Crippen LogP contribution in [0.15, 0.2) is 0 Å². The molecule has 0 bridgehead atoms. The lowest BCUT2D eigenvalue weighted by Gasteiger charge is -2.11. The topological polar surface area (TPSA) is 20.2 Å². The molecule has 0 aliphatic heterocycles. The fourth-order valence-corrected chi connectivity index (χ4v) is 2.93. The largest absolute Gasteiger partial charge is 0.390 e. The molecular weight excluding hydrogens is 172 g/mol. The first-order valence-corrected chi connectivity index (χ1v) is 6.54. The molecule has 14 heavy (non-hydrogen) atoms. The van der Waals surface area contributed by atoms with Crippen LogP contribution in [0.25, 0.3) is 0 Å². The fraction of sp³-hybridized carbons (Fsp3) is 1.00. The molecule has 0 aromatic rings. The number of hydrogen-bond donors (Lipinski definition) is 1. The third kappa shape index (κ3) is 2.73. The van der Waals surface area contributed by atoms with Crippen LogP contribution in [0.4, 0.5) is 0 Å². The van der Waals surface area contributed by atoms with Gasteiger partial charge in [0.2, 0.25) is 0 Å². The lowest BCUT2D eigenvalue weighted by Crippen LogP contribution is -2.11. The summed E-state index contributed by atoms with van der Waals surface area (Å²) in [5, 5.41) is 10.1.